The molecule has 0 atom stereocenters. The number of benzene rings is 1. The van der Waals surface area contributed by atoms with Crippen molar-refractivity contribution < 1.29 is 4.79 Å². The van der Waals surface area contributed by atoms with E-state index < -0.39 is 0 Å². The molecule has 1 aromatic carbocycles. The van der Waals surface area contributed by atoms with Crippen LogP contribution in [0.2, 0.25) is 5.02 Å². The van der Waals surface area contributed by atoms with Crippen molar-refractivity contribution >= 4 is 39.8 Å². The number of hydrogen-bond acceptors (Lipinski definition) is 5. The molecule has 0 bridgehead atoms. The summed E-state index contributed by atoms with van der Waals surface area (Å²) in [6.45, 7) is 3.33. The third-order valence-electron chi connectivity index (χ3n) is 3.28. The van der Waals surface area contributed by atoms with Crippen LogP contribution in [0.3, 0.4) is 0 Å². The molecule has 114 valence electrons. The van der Waals surface area contributed by atoms with Crippen molar-refractivity contribution in [2.45, 2.75) is 13.3 Å². The zero-order chi connectivity index (χ0) is 15.5. The maximum atomic E-state index is 11.9. The Morgan fingerprint density at radius 2 is 2.36 bits per heavy atom. The van der Waals surface area contributed by atoms with Crippen LogP contribution in [0.4, 0.5) is 5.13 Å². The summed E-state index contributed by atoms with van der Waals surface area (Å²) in [6, 6.07) is 6.02. The van der Waals surface area contributed by atoms with E-state index >= 15 is 0 Å². The number of rotatable bonds is 4. The largest absolute Gasteiger partial charge is 0.364 e. The number of carbonyl (C=O) groups excluding carboxylic acids is 1. The number of amidine groups is 1. The maximum absolute atomic E-state index is 11.9. The molecule has 0 saturated heterocycles. The Balaban J connectivity index is 1.65. The molecule has 0 aliphatic carbocycles. The van der Waals surface area contributed by atoms with Crippen molar-refractivity contribution in [2.24, 2.45) is 4.99 Å². The van der Waals surface area contributed by atoms with E-state index in [4.69, 9.17) is 11.6 Å². The van der Waals surface area contributed by atoms with Crippen molar-refractivity contribution in [1.29, 1.82) is 0 Å². The van der Waals surface area contributed by atoms with E-state index in [-0.39, 0.29) is 5.91 Å². The fourth-order valence-corrected chi connectivity index (χ4v) is 3.15. The lowest BCUT2D eigenvalue weighted by Gasteiger charge is -2.02. The first kappa shape index (κ1) is 15.0. The summed E-state index contributed by atoms with van der Waals surface area (Å²) in [5.74, 6) is 0.138. The molecule has 3 rings (SSSR count). The minimum absolute atomic E-state index is 0.239. The minimum Gasteiger partial charge on any atom is -0.364 e. The number of nitrogens with zero attached hydrogens (tertiary/aromatic N) is 2. The molecule has 2 N–H and O–H groups in total. The summed E-state index contributed by atoms with van der Waals surface area (Å²) in [5.41, 5.74) is 2.19. The predicted octanol–water partition coefficient (Wildman–Crippen LogP) is 2.64. The van der Waals surface area contributed by atoms with E-state index in [0.29, 0.717) is 24.1 Å². The van der Waals surface area contributed by atoms with E-state index in [0.717, 1.165) is 27.4 Å². The van der Waals surface area contributed by atoms with Crippen LogP contribution in [-0.4, -0.2) is 29.8 Å². The third kappa shape index (κ3) is 3.45. The van der Waals surface area contributed by atoms with Gasteiger partial charge in [0.2, 0.25) is 0 Å². The van der Waals surface area contributed by atoms with E-state index in [1.165, 1.54) is 11.3 Å². The molecule has 0 fully saturated rings. The molecule has 2 heterocycles. The van der Waals surface area contributed by atoms with Gasteiger partial charge >= 0.3 is 0 Å². The first-order valence-electron chi connectivity index (χ1n) is 6.91. The van der Waals surface area contributed by atoms with Gasteiger partial charge in [-0.25, -0.2) is 4.98 Å². The van der Waals surface area contributed by atoms with Crippen LogP contribution >= 0.6 is 22.9 Å². The highest BCUT2D eigenvalue weighted by Gasteiger charge is 2.16. The smallest absolute Gasteiger partial charge is 0.292 e. The fourth-order valence-electron chi connectivity index (χ4n) is 2.10. The molecule has 1 aliphatic rings. The van der Waals surface area contributed by atoms with Gasteiger partial charge in [0, 0.05) is 29.1 Å². The molecule has 0 radical (unpaired) electrons. The summed E-state index contributed by atoms with van der Waals surface area (Å²) >= 11 is 7.59. The standard InChI is InChI=1S/C15H15ClN4OS/c1-9-2-3-10(7-12(9)16)6-11-8-19-15(22-11)20-14(21)13-17-4-5-18-13/h2-3,7-8H,4-6H2,1H3,(H,17,18)(H,19,20,21). The van der Waals surface area contributed by atoms with E-state index in [1.54, 1.807) is 6.20 Å². The fraction of sp³-hybridized carbons (Fsp3) is 0.267. The zero-order valence-corrected chi connectivity index (χ0v) is 13.6. The Kier molecular flexibility index (Phi) is 4.40. The van der Waals surface area contributed by atoms with Gasteiger partial charge in [0.25, 0.3) is 5.91 Å². The second-order valence-corrected chi connectivity index (χ2v) is 6.53. The van der Waals surface area contributed by atoms with Gasteiger partial charge < -0.3 is 5.32 Å². The highest BCUT2D eigenvalue weighted by molar-refractivity contribution is 7.15. The second-order valence-electron chi connectivity index (χ2n) is 5.00. The van der Waals surface area contributed by atoms with Crippen LogP contribution in [0, 0.1) is 6.92 Å². The van der Waals surface area contributed by atoms with Gasteiger partial charge in [-0.3, -0.25) is 15.1 Å². The van der Waals surface area contributed by atoms with Crippen molar-refractivity contribution in [3.63, 3.8) is 0 Å². The summed E-state index contributed by atoms with van der Waals surface area (Å²) in [7, 11) is 0. The van der Waals surface area contributed by atoms with E-state index in [1.807, 2.05) is 19.1 Å². The predicted molar refractivity (Wildman–Crippen MR) is 90.0 cm³/mol. The molecule has 0 saturated carbocycles. The Hall–Kier alpha value is -1.92. The molecule has 1 aliphatic heterocycles. The van der Waals surface area contributed by atoms with Gasteiger partial charge in [-0.05, 0) is 24.1 Å². The lowest BCUT2D eigenvalue weighted by atomic mass is 10.1. The van der Waals surface area contributed by atoms with E-state index in [2.05, 4.69) is 26.7 Å². The van der Waals surface area contributed by atoms with Crippen molar-refractivity contribution in [1.82, 2.24) is 10.3 Å². The summed E-state index contributed by atoms with van der Waals surface area (Å²) in [4.78, 5) is 21.3. The van der Waals surface area contributed by atoms with Gasteiger partial charge in [-0.15, -0.1) is 11.3 Å². The van der Waals surface area contributed by atoms with Gasteiger partial charge in [0.15, 0.2) is 11.0 Å². The monoisotopic (exact) mass is 334 g/mol. The van der Waals surface area contributed by atoms with Gasteiger partial charge in [0.1, 0.15) is 0 Å². The third-order valence-corrected chi connectivity index (χ3v) is 4.60. The van der Waals surface area contributed by atoms with Crippen molar-refractivity contribution in [2.75, 3.05) is 18.4 Å². The topological polar surface area (TPSA) is 66.4 Å². The molecule has 1 amide bonds. The number of thiazole rings is 1. The molecule has 5 nitrogen and oxygen atoms in total. The molecule has 22 heavy (non-hydrogen) atoms. The van der Waals surface area contributed by atoms with Gasteiger partial charge in [0.05, 0.1) is 6.54 Å². The summed E-state index contributed by atoms with van der Waals surface area (Å²) in [5, 5.41) is 7.04. The maximum Gasteiger partial charge on any atom is 0.292 e. The number of aromatic nitrogens is 1. The summed E-state index contributed by atoms with van der Waals surface area (Å²) < 4.78 is 0. The number of carbonyl (C=O) groups is 1. The molecular formula is C15H15ClN4OS. The van der Waals surface area contributed by atoms with Crippen LogP contribution in [0.15, 0.2) is 29.4 Å². The quantitative estimate of drug-likeness (QED) is 0.903. The Labute approximate surface area is 137 Å². The Bertz CT molecular complexity index is 741. The van der Waals surface area contributed by atoms with Gasteiger partial charge in [-0.1, -0.05) is 23.7 Å². The van der Waals surface area contributed by atoms with Gasteiger partial charge in [-0.2, -0.15) is 0 Å². The van der Waals surface area contributed by atoms with Crippen LogP contribution < -0.4 is 10.6 Å². The highest BCUT2D eigenvalue weighted by atomic mass is 35.5. The number of nitrogens with one attached hydrogen (secondary N) is 2. The average molecular weight is 335 g/mol. The zero-order valence-electron chi connectivity index (χ0n) is 12.0. The molecule has 1 aromatic heterocycles. The normalized spacial score (nSPS) is 13.6. The van der Waals surface area contributed by atoms with Crippen LogP contribution in [-0.2, 0) is 11.2 Å². The first-order valence-corrected chi connectivity index (χ1v) is 8.10. The molecule has 2 aromatic rings. The molecular weight excluding hydrogens is 320 g/mol. The lowest BCUT2D eigenvalue weighted by molar-refractivity contribution is -0.110. The highest BCUT2D eigenvalue weighted by Crippen LogP contribution is 2.23. The first-order chi connectivity index (χ1) is 10.6. The number of hydrogen-bond donors (Lipinski definition) is 2. The van der Waals surface area contributed by atoms with E-state index in [9.17, 15) is 4.79 Å². The number of aryl methyl sites for hydroxylation is 1. The molecule has 0 unspecified atom stereocenters. The van der Waals surface area contributed by atoms with Crippen molar-refractivity contribution in [3.8, 4) is 0 Å². The average Bonchev–Trinajstić information content (AvgIpc) is 3.15. The van der Waals surface area contributed by atoms with Crippen LogP contribution in [0.5, 0.6) is 0 Å². The number of amides is 1. The minimum atomic E-state index is -0.239. The Morgan fingerprint density at radius 3 is 3.09 bits per heavy atom. The summed E-state index contributed by atoms with van der Waals surface area (Å²) in [6.07, 6.45) is 2.52. The second kappa shape index (κ2) is 6.46. The lowest BCUT2D eigenvalue weighted by Crippen LogP contribution is -2.32. The SMILES string of the molecule is Cc1ccc(Cc2cnc(NC(=O)C3=NCCN3)s2)cc1Cl. The Morgan fingerprint density at radius 1 is 1.50 bits per heavy atom. The van der Waals surface area contributed by atoms with Crippen LogP contribution in [0.1, 0.15) is 16.0 Å². The van der Waals surface area contributed by atoms with Crippen LogP contribution in [0.25, 0.3) is 0 Å². The molecule has 0 spiro atoms. The van der Waals surface area contributed by atoms with Crippen molar-refractivity contribution in [3.05, 3.63) is 45.4 Å². The number of halogens is 1. The number of aliphatic imine (C=N–C) groups is 1. The number of anilines is 1. The molecule has 7 heteroatoms.